The predicted octanol–water partition coefficient (Wildman–Crippen LogP) is 6.60. The normalized spacial score (nSPS) is 10.7. The molecule has 0 aliphatic heterocycles. The number of rotatable bonds is 5. The molecule has 1 amide bonds. The Hall–Kier alpha value is -4.51. The molecule has 0 bridgehead atoms. The van der Waals surface area contributed by atoms with Gasteiger partial charge in [-0.05, 0) is 53.6 Å². The second kappa shape index (κ2) is 8.93. The standard InChI is InChI=1S/C28H20FN3O/c29-23-15-17-24(18-16-23)30-28(33)26-19-27(32(31-26)25-9-5-2-6-10-25)22-13-11-21(12-14-22)20-7-3-1-4-8-20/h1-19H,(H,30,33). The van der Waals surface area contributed by atoms with Crippen LogP contribution in [0.2, 0.25) is 0 Å². The molecule has 0 aliphatic rings. The molecule has 1 heterocycles. The number of carbonyl (C=O) groups is 1. The third-order valence-corrected chi connectivity index (χ3v) is 5.33. The number of aromatic nitrogens is 2. The molecule has 0 saturated carbocycles. The van der Waals surface area contributed by atoms with Gasteiger partial charge < -0.3 is 5.32 Å². The monoisotopic (exact) mass is 433 g/mol. The highest BCUT2D eigenvalue weighted by Gasteiger charge is 2.17. The quantitative estimate of drug-likeness (QED) is 0.340. The maximum Gasteiger partial charge on any atom is 0.276 e. The number of hydrogen-bond donors (Lipinski definition) is 1. The van der Waals surface area contributed by atoms with E-state index in [9.17, 15) is 9.18 Å². The van der Waals surface area contributed by atoms with Gasteiger partial charge in [-0.2, -0.15) is 5.10 Å². The van der Waals surface area contributed by atoms with E-state index in [1.807, 2.05) is 60.7 Å². The topological polar surface area (TPSA) is 46.9 Å². The molecule has 0 saturated heterocycles. The number of anilines is 1. The molecule has 0 radical (unpaired) electrons. The van der Waals surface area contributed by atoms with Crippen LogP contribution in [0.25, 0.3) is 28.1 Å². The molecule has 0 atom stereocenters. The molecule has 5 aromatic rings. The molecule has 5 rings (SSSR count). The fourth-order valence-electron chi connectivity index (χ4n) is 3.66. The van der Waals surface area contributed by atoms with E-state index < -0.39 is 0 Å². The zero-order valence-electron chi connectivity index (χ0n) is 17.7. The van der Waals surface area contributed by atoms with E-state index in [-0.39, 0.29) is 17.4 Å². The Balaban J connectivity index is 1.51. The van der Waals surface area contributed by atoms with Gasteiger partial charge >= 0.3 is 0 Å². The van der Waals surface area contributed by atoms with Crippen molar-refractivity contribution in [3.05, 3.63) is 127 Å². The van der Waals surface area contributed by atoms with Crippen molar-refractivity contribution in [3.63, 3.8) is 0 Å². The molecule has 0 aliphatic carbocycles. The van der Waals surface area contributed by atoms with Crippen LogP contribution in [0.4, 0.5) is 10.1 Å². The summed E-state index contributed by atoms with van der Waals surface area (Å²) >= 11 is 0. The van der Waals surface area contributed by atoms with Crippen LogP contribution in [0.3, 0.4) is 0 Å². The van der Waals surface area contributed by atoms with Crippen LogP contribution in [0.15, 0.2) is 115 Å². The van der Waals surface area contributed by atoms with Crippen molar-refractivity contribution >= 4 is 11.6 Å². The van der Waals surface area contributed by atoms with E-state index in [1.54, 1.807) is 10.7 Å². The number of nitrogens with zero attached hydrogens (tertiary/aromatic N) is 2. The maximum absolute atomic E-state index is 13.2. The first-order valence-electron chi connectivity index (χ1n) is 10.6. The SMILES string of the molecule is O=C(Nc1ccc(F)cc1)c1cc(-c2ccc(-c3ccccc3)cc2)n(-c2ccccc2)n1. The van der Waals surface area contributed by atoms with Crippen LogP contribution < -0.4 is 5.32 Å². The second-order valence-corrected chi connectivity index (χ2v) is 7.57. The highest BCUT2D eigenvalue weighted by molar-refractivity contribution is 6.03. The number of hydrogen-bond acceptors (Lipinski definition) is 2. The summed E-state index contributed by atoms with van der Waals surface area (Å²) < 4.78 is 14.9. The lowest BCUT2D eigenvalue weighted by Gasteiger charge is -2.08. The average molecular weight is 433 g/mol. The van der Waals surface area contributed by atoms with Gasteiger partial charge in [-0.25, -0.2) is 9.07 Å². The summed E-state index contributed by atoms with van der Waals surface area (Å²) in [6, 6.07) is 35.4. The van der Waals surface area contributed by atoms with E-state index in [1.165, 1.54) is 24.3 Å². The van der Waals surface area contributed by atoms with Crippen molar-refractivity contribution in [3.8, 4) is 28.1 Å². The van der Waals surface area contributed by atoms with Crippen LogP contribution in [0.5, 0.6) is 0 Å². The second-order valence-electron chi connectivity index (χ2n) is 7.57. The molecule has 4 aromatic carbocycles. The van der Waals surface area contributed by atoms with Crippen LogP contribution >= 0.6 is 0 Å². The third-order valence-electron chi connectivity index (χ3n) is 5.33. The number of nitrogens with one attached hydrogen (secondary N) is 1. The summed E-state index contributed by atoms with van der Waals surface area (Å²) in [6.07, 6.45) is 0. The summed E-state index contributed by atoms with van der Waals surface area (Å²) in [4.78, 5) is 12.9. The molecule has 1 N–H and O–H groups in total. The van der Waals surface area contributed by atoms with Gasteiger partial charge in [0.05, 0.1) is 11.4 Å². The highest BCUT2D eigenvalue weighted by atomic mass is 19.1. The maximum atomic E-state index is 13.2. The van der Waals surface area contributed by atoms with E-state index in [4.69, 9.17) is 0 Å². The number of para-hydroxylation sites is 1. The van der Waals surface area contributed by atoms with E-state index in [0.717, 1.165) is 28.1 Å². The van der Waals surface area contributed by atoms with Crippen LogP contribution in [-0.2, 0) is 0 Å². The fourth-order valence-corrected chi connectivity index (χ4v) is 3.66. The molecule has 33 heavy (non-hydrogen) atoms. The molecular weight excluding hydrogens is 413 g/mol. The summed E-state index contributed by atoms with van der Waals surface area (Å²) in [5, 5.41) is 7.36. The van der Waals surface area contributed by atoms with E-state index >= 15 is 0 Å². The average Bonchev–Trinajstić information content (AvgIpc) is 3.32. The van der Waals surface area contributed by atoms with Crippen molar-refractivity contribution in [2.24, 2.45) is 0 Å². The molecule has 1 aromatic heterocycles. The Labute approximate surface area is 191 Å². The Morgan fingerprint density at radius 1 is 0.697 bits per heavy atom. The lowest BCUT2D eigenvalue weighted by molar-refractivity contribution is 0.102. The van der Waals surface area contributed by atoms with Crippen molar-refractivity contribution in [1.82, 2.24) is 9.78 Å². The predicted molar refractivity (Wildman–Crippen MR) is 129 cm³/mol. The summed E-state index contributed by atoms with van der Waals surface area (Å²) in [5.74, 6) is -0.721. The van der Waals surface area contributed by atoms with Crippen LogP contribution in [-0.4, -0.2) is 15.7 Å². The molecule has 0 unspecified atom stereocenters. The van der Waals surface area contributed by atoms with Gasteiger partial charge in [0.25, 0.3) is 5.91 Å². The van der Waals surface area contributed by atoms with Gasteiger partial charge in [0, 0.05) is 11.3 Å². The summed E-state index contributed by atoms with van der Waals surface area (Å²) in [7, 11) is 0. The largest absolute Gasteiger partial charge is 0.321 e. The van der Waals surface area contributed by atoms with Gasteiger partial charge in [0.2, 0.25) is 0 Å². The minimum atomic E-state index is -0.363. The lowest BCUT2D eigenvalue weighted by Crippen LogP contribution is -2.13. The summed E-state index contributed by atoms with van der Waals surface area (Å²) in [5.41, 5.74) is 5.60. The van der Waals surface area contributed by atoms with Gasteiger partial charge in [0.1, 0.15) is 5.82 Å². The number of carbonyl (C=O) groups excluding carboxylic acids is 1. The van der Waals surface area contributed by atoms with Crippen molar-refractivity contribution in [1.29, 1.82) is 0 Å². The van der Waals surface area contributed by atoms with Gasteiger partial charge in [-0.15, -0.1) is 0 Å². The van der Waals surface area contributed by atoms with Gasteiger partial charge in [-0.1, -0.05) is 72.8 Å². The fraction of sp³-hybridized carbons (Fsp3) is 0. The van der Waals surface area contributed by atoms with Gasteiger partial charge in [-0.3, -0.25) is 4.79 Å². The smallest absolute Gasteiger partial charge is 0.276 e. The van der Waals surface area contributed by atoms with E-state index in [0.29, 0.717) is 5.69 Å². The Kier molecular flexibility index (Phi) is 5.52. The number of halogens is 1. The van der Waals surface area contributed by atoms with E-state index in [2.05, 4.69) is 34.7 Å². The Morgan fingerprint density at radius 3 is 1.94 bits per heavy atom. The minimum Gasteiger partial charge on any atom is -0.321 e. The Morgan fingerprint density at radius 2 is 1.27 bits per heavy atom. The zero-order chi connectivity index (χ0) is 22.6. The first-order valence-corrected chi connectivity index (χ1v) is 10.6. The molecule has 0 spiro atoms. The van der Waals surface area contributed by atoms with Gasteiger partial charge in [0.15, 0.2) is 5.69 Å². The molecule has 0 fully saturated rings. The summed E-state index contributed by atoms with van der Waals surface area (Å²) in [6.45, 7) is 0. The molecule has 160 valence electrons. The lowest BCUT2D eigenvalue weighted by atomic mass is 10.0. The Bertz CT molecular complexity index is 1380. The molecule has 5 heteroatoms. The first-order chi connectivity index (χ1) is 16.2. The number of amides is 1. The minimum absolute atomic E-state index is 0.269. The highest BCUT2D eigenvalue weighted by Crippen LogP contribution is 2.27. The van der Waals surface area contributed by atoms with Crippen LogP contribution in [0.1, 0.15) is 10.5 Å². The molecular formula is C28H20FN3O. The van der Waals surface area contributed by atoms with Crippen molar-refractivity contribution < 1.29 is 9.18 Å². The third kappa shape index (κ3) is 4.43. The van der Waals surface area contributed by atoms with Crippen LogP contribution in [0, 0.1) is 5.82 Å². The molecule has 4 nitrogen and oxygen atoms in total. The van der Waals surface area contributed by atoms with Crippen molar-refractivity contribution in [2.45, 2.75) is 0 Å². The zero-order valence-corrected chi connectivity index (χ0v) is 17.7. The first kappa shape index (κ1) is 20.4. The van der Waals surface area contributed by atoms with Crippen molar-refractivity contribution in [2.75, 3.05) is 5.32 Å². The number of benzene rings is 4.